The minimum absolute atomic E-state index is 0.299. The van der Waals surface area contributed by atoms with Gasteiger partial charge in [0.2, 0.25) is 0 Å². The van der Waals surface area contributed by atoms with Gasteiger partial charge in [-0.2, -0.15) is 0 Å². The number of aromatic nitrogens is 1. The van der Waals surface area contributed by atoms with Crippen LogP contribution in [0.3, 0.4) is 0 Å². The summed E-state index contributed by atoms with van der Waals surface area (Å²) in [6.45, 7) is 9.38. The Morgan fingerprint density at radius 3 is 2.29 bits per heavy atom. The van der Waals surface area contributed by atoms with Crippen molar-refractivity contribution in [2.45, 2.75) is 31.3 Å². The first-order chi connectivity index (χ1) is 11.0. The lowest BCUT2D eigenvalue weighted by molar-refractivity contribution is -0.138. The summed E-state index contributed by atoms with van der Waals surface area (Å²) in [5, 5.41) is 3.24. The normalized spacial score (nSPS) is 15.3. The SMILES string of the molecule is CC(C)(C)OC=O.CS(=O)(=O)c1cc(Br)nc(N2CCNCC2)c1. The van der Waals surface area contributed by atoms with E-state index in [-0.39, 0.29) is 5.60 Å². The van der Waals surface area contributed by atoms with Crippen LogP contribution in [0.5, 0.6) is 0 Å². The largest absolute Gasteiger partial charge is 0.462 e. The Labute approximate surface area is 151 Å². The van der Waals surface area contributed by atoms with Crippen LogP contribution in [0.25, 0.3) is 0 Å². The van der Waals surface area contributed by atoms with Crippen molar-refractivity contribution in [1.29, 1.82) is 0 Å². The van der Waals surface area contributed by atoms with Crippen LogP contribution in [-0.2, 0) is 19.4 Å². The van der Waals surface area contributed by atoms with Crippen LogP contribution in [-0.4, -0.2) is 57.9 Å². The van der Waals surface area contributed by atoms with E-state index in [0.717, 1.165) is 26.2 Å². The van der Waals surface area contributed by atoms with Gasteiger partial charge in [0.1, 0.15) is 16.0 Å². The molecule has 24 heavy (non-hydrogen) atoms. The average molecular weight is 422 g/mol. The Morgan fingerprint density at radius 2 is 1.88 bits per heavy atom. The van der Waals surface area contributed by atoms with Gasteiger partial charge < -0.3 is 15.0 Å². The molecule has 0 bridgehead atoms. The number of ether oxygens (including phenoxy) is 1. The number of sulfone groups is 1. The van der Waals surface area contributed by atoms with Gasteiger partial charge >= 0.3 is 0 Å². The lowest BCUT2D eigenvalue weighted by Crippen LogP contribution is -2.43. The van der Waals surface area contributed by atoms with Gasteiger partial charge in [-0.1, -0.05) is 0 Å². The summed E-state index contributed by atoms with van der Waals surface area (Å²) in [5.74, 6) is 0.710. The number of nitrogens with one attached hydrogen (secondary N) is 1. The number of anilines is 1. The third-order valence-electron chi connectivity index (χ3n) is 3.02. The number of nitrogens with zero attached hydrogens (tertiary/aromatic N) is 2. The molecular weight excluding hydrogens is 398 g/mol. The van der Waals surface area contributed by atoms with Gasteiger partial charge in [-0.25, -0.2) is 13.4 Å². The number of hydrogen-bond acceptors (Lipinski definition) is 7. The molecule has 136 valence electrons. The van der Waals surface area contributed by atoms with Gasteiger partial charge in [0.05, 0.1) is 4.90 Å². The van der Waals surface area contributed by atoms with Crippen LogP contribution >= 0.6 is 15.9 Å². The monoisotopic (exact) mass is 421 g/mol. The van der Waals surface area contributed by atoms with E-state index in [2.05, 4.69) is 35.9 Å². The molecule has 0 aromatic carbocycles. The molecule has 1 fully saturated rings. The number of pyridine rings is 1. The van der Waals surface area contributed by atoms with Crippen LogP contribution in [0.1, 0.15) is 20.8 Å². The minimum Gasteiger partial charge on any atom is -0.462 e. The van der Waals surface area contributed by atoms with Gasteiger partial charge in [0.15, 0.2) is 9.84 Å². The highest BCUT2D eigenvalue weighted by atomic mass is 79.9. The molecule has 0 spiro atoms. The van der Waals surface area contributed by atoms with E-state index in [4.69, 9.17) is 0 Å². The maximum absolute atomic E-state index is 11.5. The van der Waals surface area contributed by atoms with E-state index < -0.39 is 9.84 Å². The molecule has 0 atom stereocenters. The summed E-state index contributed by atoms with van der Waals surface area (Å²) in [5.41, 5.74) is -0.318. The fourth-order valence-electron chi connectivity index (χ4n) is 1.87. The average Bonchev–Trinajstić information content (AvgIpc) is 2.46. The predicted octanol–water partition coefficient (Wildman–Crippen LogP) is 1.62. The number of carbonyl (C=O) groups is 1. The number of carbonyl (C=O) groups excluding carboxylic acids is 1. The molecule has 2 heterocycles. The first-order valence-corrected chi connectivity index (χ1v) is 10.2. The van der Waals surface area contributed by atoms with E-state index in [1.54, 1.807) is 6.07 Å². The lowest BCUT2D eigenvalue weighted by Gasteiger charge is -2.28. The van der Waals surface area contributed by atoms with Crippen molar-refractivity contribution in [2.75, 3.05) is 37.3 Å². The summed E-state index contributed by atoms with van der Waals surface area (Å²) in [6.07, 6.45) is 1.20. The van der Waals surface area contributed by atoms with E-state index >= 15 is 0 Å². The second-order valence-corrected chi connectivity index (χ2v) is 9.15. The molecule has 0 aliphatic carbocycles. The molecule has 0 amide bonds. The van der Waals surface area contributed by atoms with Crippen LogP contribution in [0, 0.1) is 0 Å². The van der Waals surface area contributed by atoms with E-state index in [0.29, 0.717) is 21.8 Å². The molecule has 7 nitrogen and oxygen atoms in total. The smallest absolute Gasteiger partial charge is 0.293 e. The fraction of sp³-hybridized carbons (Fsp3) is 0.600. The van der Waals surface area contributed by atoms with Crippen molar-refractivity contribution in [3.05, 3.63) is 16.7 Å². The second kappa shape index (κ2) is 8.77. The van der Waals surface area contributed by atoms with Gasteiger partial charge in [-0.3, -0.25) is 4.79 Å². The zero-order chi connectivity index (χ0) is 18.4. The number of rotatable bonds is 3. The van der Waals surface area contributed by atoms with Crippen molar-refractivity contribution < 1.29 is 17.9 Å². The zero-order valence-corrected chi connectivity index (χ0v) is 16.8. The molecule has 1 aromatic heterocycles. The number of hydrogen-bond donors (Lipinski definition) is 1. The number of piperazine rings is 1. The standard InChI is InChI=1S/C10H14BrN3O2S.C5H10O2/c1-17(15,16)8-6-9(11)13-10(7-8)14-4-2-12-3-5-14;1-5(2,3)7-4-6/h6-7,12H,2-5H2,1H3;4H,1-3H3. The molecule has 9 heteroatoms. The summed E-state index contributed by atoms with van der Waals surface area (Å²) >= 11 is 3.25. The summed E-state index contributed by atoms with van der Waals surface area (Å²) in [4.78, 5) is 16.3. The fourth-order valence-corrected chi connectivity index (χ4v) is 3.10. The van der Waals surface area contributed by atoms with Crippen LogP contribution in [0.4, 0.5) is 5.82 Å². The quantitative estimate of drug-likeness (QED) is 0.585. The van der Waals surface area contributed by atoms with Crippen LogP contribution in [0.15, 0.2) is 21.6 Å². The molecule has 2 rings (SSSR count). The van der Waals surface area contributed by atoms with E-state index in [1.807, 2.05) is 20.8 Å². The Balaban J connectivity index is 0.000000351. The van der Waals surface area contributed by atoms with E-state index in [9.17, 15) is 13.2 Å². The zero-order valence-electron chi connectivity index (χ0n) is 14.4. The van der Waals surface area contributed by atoms with Gasteiger partial charge in [0, 0.05) is 32.4 Å². The first kappa shape index (κ1) is 20.9. The third kappa shape index (κ3) is 7.59. The minimum atomic E-state index is -3.20. The maximum Gasteiger partial charge on any atom is 0.293 e. The molecule has 1 aliphatic heterocycles. The van der Waals surface area contributed by atoms with Crippen molar-refractivity contribution in [3.8, 4) is 0 Å². The van der Waals surface area contributed by atoms with Crippen LogP contribution < -0.4 is 10.2 Å². The molecule has 1 N–H and O–H groups in total. The van der Waals surface area contributed by atoms with Crippen molar-refractivity contribution in [1.82, 2.24) is 10.3 Å². The molecule has 1 aromatic rings. The molecule has 0 radical (unpaired) electrons. The van der Waals surface area contributed by atoms with Gasteiger partial charge in [-0.05, 0) is 48.8 Å². The Hall–Kier alpha value is -1.19. The topological polar surface area (TPSA) is 88.6 Å². The third-order valence-corrected chi connectivity index (χ3v) is 4.52. The highest BCUT2D eigenvalue weighted by Gasteiger charge is 2.16. The first-order valence-electron chi connectivity index (χ1n) is 7.48. The van der Waals surface area contributed by atoms with Gasteiger partial charge in [-0.15, -0.1) is 0 Å². The molecule has 1 aliphatic rings. The second-order valence-electron chi connectivity index (χ2n) is 6.32. The highest BCUT2D eigenvalue weighted by Crippen LogP contribution is 2.22. The van der Waals surface area contributed by atoms with Crippen molar-refractivity contribution in [3.63, 3.8) is 0 Å². The van der Waals surface area contributed by atoms with Crippen LogP contribution in [0.2, 0.25) is 0 Å². The Bertz CT molecular complexity index is 653. The van der Waals surface area contributed by atoms with E-state index in [1.165, 1.54) is 12.3 Å². The highest BCUT2D eigenvalue weighted by molar-refractivity contribution is 9.10. The maximum atomic E-state index is 11.5. The summed E-state index contributed by atoms with van der Waals surface area (Å²) in [7, 11) is -3.20. The van der Waals surface area contributed by atoms with Gasteiger partial charge in [0.25, 0.3) is 6.47 Å². The molecule has 0 saturated carbocycles. The molecule has 0 unspecified atom stereocenters. The summed E-state index contributed by atoms with van der Waals surface area (Å²) in [6, 6.07) is 3.16. The Kier molecular flexibility index (Phi) is 7.62. The lowest BCUT2D eigenvalue weighted by atomic mass is 10.2. The molecule has 1 saturated heterocycles. The number of halogens is 1. The molecular formula is C15H24BrN3O4S. The van der Waals surface area contributed by atoms with Crippen molar-refractivity contribution >= 4 is 38.1 Å². The van der Waals surface area contributed by atoms with Crippen molar-refractivity contribution in [2.24, 2.45) is 0 Å². The predicted molar refractivity (Wildman–Crippen MR) is 97.0 cm³/mol. The Morgan fingerprint density at radius 1 is 1.29 bits per heavy atom. The summed E-state index contributed by atoms with van der Waals surface area (Å²) < 4.78 is 28.2.